The van der Waals surface area contributed by atoms with Crippen molar-refractivity contribution in [1.29, 1.82) is 0 Å². The maximum Gasteiger partial charge on any atom is 0.163 e. The number of halogens is 1. The Morgan fingerprint density at radius 3 is 2.39 bits per heavy atom. The van der Waals surface area contributed by atoms with E-state index in [-0.39, 0.29) is 11.9 Å². The van der Waals surface area contributed by atoms with Crippen LogP contribution in [0.4, 0.5) is 4.39 Å². The van der Waals surface area contributed by atoms with Crippen molar-refractivity contribution in [3.8, 4) is 11.5 Å². The van der Waals surface area contributed by atoms with E-state index in [4.69, 9.17) is 9.47 Å². The molecule has 0 heterocycles. The molecule has 1 N–H and O–H groups in total. The molecular formula is C14H20FNO2. The third-order valence-corrected chi connectivity index (χ3v) is 2.68. The molecule has 0 aliphatic carbocycles. The van der Waals surface area contributed by atoms with Crippen LogP contribution in [0, 0.1) is 5.82 Å². The summed E-state index contributed by atoms with van der Waals surface area (Å²) >= 11 is 0. The second kappa shape index (κ2) is 6.40. The summed E-state index contributed by atoms with van der Waals surface area (Å²) in [5, 5.41) is 3.19. The molecule has 3 nitrogen and oxygen atoms in total. The lowest BCUT2D eigenvalue weighted by molar-refractivity contribution is 0.350. The van der Waals surface area contributed by atoms with Crippen molar-refractivity contribution in [3.05, 3.63) is 35.7 Å². The summed E-state index contributed by atoms with van der Waals surface area (Å²) < 4.78 is 24.2. The average molecular weight is 253 g/mol. The van der Waals surface area contributed by atoms with Crippen molar-refractivity contribution in [2.24, 2.45) is 0 Å². The van der Waals surface area contributed by atoms with E-state index in [1.165, 1.54) is 20.3 Å². The summed E-state index contributed by atoms with van der Waals surface area (Å²) in [6.07, 6.45) is 0. The summed E-state index contributed by atoms with van der Waals surface area (Å²) in [5.74, 6) is 0.609. The molecule has 0 amide bonds. The van der Waals surface area contributed by atoms with Crippen molar-refractivity contribution < 1.29 is 13.9 Å². The Morgan fingerprint density at radius 2 is 1.89 bits per heavy atom. The van der Waals surface area contributed by atoms with Gasteiger partial charge in [0.25, 0.3) is 0 Å². The maximum atomic E-state index is 13.9. The zero-order valence-electron chi connectivity index (χ0n) is 11.3. The SMILES string of the molecule is C=C(C)CN[C@H](C)c1cc(OC)c(OC)cc1F. The molecule has 0 fully saturated rings. The predicted octanol–water partition coefficient (Wildman–Crippen LogP) is 3.07. The van der Waals surface area contributed by atoms with Gasteiger partial charge < -0.3 is 14.8 Å². The quantitative estimate of drug-likeness (QED) is 0.790. The van der Waals surface area contributed by atoms with Crippen LogP contribution < -0.4 is 14.8 Å². The van der Waals surface area contributed by atoms with E-state index in [1.807, 2.05) is 13.8 Å². The minimum Gasteiger partial charge on any atom is -0.493 e. The van der Waals surface area contributed by atoms with E-state index < -0.39 is 0 Å². The first kappa shape index (κ1) is 14.5. The van der Waals surface area contributed by atoms with E-state index in [1.54, 1.807) is 6.07 Å². The highest BCUT2D eigenvalue weighted by Crippen LogP contribution is 2.32. The van der Waals surface area contributed by atoms with Crippen molar-refractivity contribution in [2.45, 2.75) is 19.9 Å². The lowest BCUT2D eigenvalue weighted by atomic mass is 10.1. The smallest absolute Gasteiger partial charge is 0.163 e. The fourth-order valence-electron chi connectivity index (χ4n) is 1.64. The Morgan fingerprint density at radius 1 is 1.33 bits per heavy atom. The van der Waals surface area contributed by atoms with E-state index in [9.17, 15) is 4.39 Å². The molecule has 0 bridgehead atoms. The van der Waals surface area contributed by atoms with E-state index in [2.05, 4.69) is 11.9 Å². The molecule has 0 aromatic heterocycles. The topological polar surface area (TPSA) is 30.5 Å². The van der Waals surface area contributed by atoms with E-state index >= 15 is 0 Å². The van der Waals surface area contributed by atoms with Crippen LogP contribution in [-0.2, 0) is 0 Å². The molecule has 1 aromatic rings. The van der Waals surface area contributed by atoms with Crippen LogP contribution in [0.3, 0.4) is 0 Å². The van der Waals surface area contributed by atoms with Crippen molar-refractivity contribution in [2.75, 3.05) is 20.8 Å². The monoisotopic (exact) mass is 253 g/mol. The van der Waals surface area contributed by atoms with Gasteiger partial charge in [-0.2, -0.15) is 0 Å². The summed E-state index contributed by atoms with van der Waals surface area (Å²) in [4.78, 5) is 0. The Kier molecular flexibility index (Phi) is 5.16. The number of hydrogen-bond acceptors (Lipinski definition) is 3. The number of nitrogens with one attached hydrogen (secondary N) is 1. The van der Waals surface area contributed by atoms with Crippen LogP contribution in [0.1, 0.15) is 25.5 Å². The van der Waals surface area contributed by atoms with Gasteiger partial charge in [-0.15, -0.1) is 0 Å². The van der Waals surface area contributed by atoms with Crippen LogP contribution in [0.15, 0.2) is 24.3 Å². The van der Waals surface area contributed by atoms with Crippen LogP contribution in [0.5, 0.6) is 11.5 Å². The fourth-order valence-corrected chi connectivity index (χ4v) is 1.64. The highest BCUT2D eigenvalue weighted by atomic mass is 19.1. The molecule has 1 rings (SSSR count). The molecule has 100 valence electrons. The predicted molar refractivity (Wildman–Crippen MR) is 70.7 cm³/mol. The lowest BCUT2D eigenvalue weighted by Crippen LogP contribution is -2.21. The average Bonchev–Trinajstić information content (AvgIpc) is 2.35. The Bertz CT molecular complexity index is 432. The highest BCUT2D eigenvalue weighted by molar-refractivity contribution is 5.44. The summed E-state index contributed by atoms with van der Waals surface area (Å²) in [6.45, 7) is 8.27. The zero-order valence-corrected chi connectivity index (χ0v) is 11.3. The first-order valence-electron chi connectivity index (χ1n) is 5.78. The lowest BCUT2D eigenvalue weighted by Gasteiger charge is -2.17. The molecule has 0 saturated carbocycles. The van der Waals surface area contributed by atoms with Crippen molar-refractivity contribution in [1.82, 2.24) is 5.32 Å². The van der Waals surface area contributed by atoms with Gasteiger partial charge in [0.2, 0.25) is 0 Å². The molecule has 0 aliphatic heterocycles. The second-order valence-electron chi connectivity index (χ2n) is 4.29. The molecule has 18 heavy (non-hydrogen) atoms. The molecule has 0 unspecified atom stereocenters. The fraction of sp³-hybridized carbons (Fsp3) is 0.429. The van der Waals surface area contributed by atoms with E-state index in [0.717, 1.165) is 5.57 Å². The minimum atomic E-state index is -0.311. The third kappa shape index (κ3) is 3.47. The standard InChI is InChI=1S/C14H20FNO2/c1-9(2)8-16-10(3)11-6-13(17-4)14(18-5)7-12(11)15/h6-7,10,16H,1,8H2,2-5H3/t10-/m1/s1. The first-order chi connectivity index (χ1) is 8.49. The number of rotatable bonds is 6. The van der Waals surface area contributed by atoms with Crippen LogP contribution in [-0.4, -0.2) is 20.8 Å². The number of hydrogen-bond donors (Lipinski definition) is 1. The molecule has 4 heteroatoms. The Labute approximate surface area is 108 Å². The minimum absolute atomic E-state index is 0.124. The van der Waals surface area contributed by atoms with Gasteiger partial charge >= 0.3 is 0 Å². The Balaban J connectivity index is 2.97. The van der Waals surface area contributed by atoms with Gasteiger partial charge in [-0.3, -0.25) is 0 Å². The van der Waals surface area contributed by atoms with Crippen molar-refractivity contribution in [3.63, 3.8) is 0 Å². The van der Waals surface area contributed by atoms with Gasteiger partial charge in [-0.05, 0) is 19.9 Å². The number of benzene rings is 1. The highest BCUT2D eigenvalue weighted by Gasteiger charge is 2.15. The van der Waals surface area contributed by atoms with Crippen molar-refractivity contribution >= 4 is 0 Å². The zero-order chi connectivity index (χ0) is 13.7. The molecule has 0 saturated heterocycles. The summed E-state index contributed by atoms with van der Waals surface area (Å²) in [7, 11) is 3.02. The first-order valence-corrected chi connectivity index (χ1v) is 5.78. The summed E-state index contributed by atoms with van der Waals surface area (Å²) in [5.41, 5.74) is 1.55. The van der Waals surface area contributed by atoms with Gasteiger partial charge in [-0.1, -0.05) is 12.2 Å². The van der Waals surface area contributed by atoms with E-state index in [0.29, 0.717) is 23.6 Å². The molecule has 0 spiro atoms. The number of methoxy groups -OCH3 is 2. The maximum absolute atomic E-state index is 13.9. The van der Waals surface area contributed by atoms with Gasteiger partial charge in [0.1, 0.15) is 5.82 Å². The second-order valence-corrected chi connectivity index (χ2v) is 4.29. The Hall–Kier alpha value is -1.55. The largest absolute Gasteiger partial charge is 0.493 e. The molecule has 0 radical (unpaired) electrons. The molecule has 1 atom stereocenters. The van der Waals surface area contributed by atoms with Gasteiger partial charge in [0.05, 0.1) is 14.2 Å². The van der Waals surface area contributed by atoms with Gasteiger partial charge in [-0.25, -0.2) is 4.39 Å². The van der Waals surface area contributed by atoms with Gasteiger partial charge in [0, 0.05) is 24.2 Å². The normalized spacial score (nSPS) is 12.1. The summed E-state index contributed by atoms with van der Waals surface area (Å²) in [6, 6.07) is 2.87. The number of ether oxygens (including phenoxy) is 2. The molecule has 0 aliphatic rings. The molecular weight excluding hydrogens is 233 g/mol. The van der Waals surface area contributed by atoms with Gasteiger partial charge in [0.15, 0.2) is 11.5 Å². The van der Waals surface area contributed by atoms with Crippen LogP contribution in [0.25, 0.3) is 0 Å². The molecule has 1 aromatic carbocycles. The third-order valence-electron chi connectivity index (χ3n) is 2.68. The van der Waals surface area contributed by atoms with Crippen LogP contribution >= 0.6 is 0 Å². The van der Waals surface area contributed by atoms with Crippen LogP contribution in [0.2, 0.25) is 0 Å².